The highest BCUT2D eigenvalue weighted by molar-refractivity contribution is 6.06. The molecule has 0 bridgehead atoms. The van der Waals surface area contributed by atoms with E-state index < -0.39 is 11.8 Å². The van der Waals surface area contributed by atoms with E-state index in [4.69, 9.17) is 0 Å². The minimum atomic E-state index is -0.488. The number of carbonyl (C=O) groups excluding carboxylic acids is 2. The molecule has 1 aliphatic rings. The predicted octanol–water partition coefficient (Wildman–Crippen LogP) is 5.63. The molecule has 3 N–H and O–H groups in total. The van der Waals surface area contributed by atoms with E-state index in [-0.39, 0.29) is 5.91 Å². The number of hydrogen-bond donors (Lipinski definition) is 3. The van der Waals surface area contributed by atoms with Crippen LogP contribution < -0.4 is 20.9 Å². The van der Waals surface area contributed by atoms with Crippen LogP contribution in [0.5, 0.6) is 0 Å². The Balaban J connectivity index is 1.54. The zero-order valence-corrected chi connectivity index (χ0v) is 17.8. The van der Waals surface area contributed by atoms with Crippen LogP contribution in [0.1, 0.15) is 28.8 Å². The van der Waals surface area contributed by atoms with Crippen LogP contribution in [0, 0.1) is 12.7 Å². The zero-order chi connectivity index (χ0) is 22.5. The van der Waals surface area contributed by atoms with Crippen LogP contribution in [0.4, 0.5) is 31.9 Å². The van der Waals surface area contributed by atoms with E-state index in [1.807, 2.05) is 31.2 Å². The second kappa shape index (κ2) is 9.51. The van der Waals surface area contributed by atoms with Crippen molar-refractivity contribution in [1.29, 1.82) is 0 Å². The van der Waals surface area contributed by atoms with Gasteiger partial charge in [-0.05, 0) is 68.3 Å². The Kier molecular flexibility index (Phi) is 6.35. The molecule has 3 aromatic carbocycles. The maximum absolute atomic E-state index is 13.4. The second-order valence-electron chi connectivity index (χ2n) is 7.84. The number of anilines is 4. The van der Waals surface area contributed by atoms with Crippen LogP contribution in [-0.2, 0) is 0 Å². The Hall–Kier alpha value is -3.87. The molecule has 1 saturated heterocycles. The van der Waals surface area contributed by atoms with Crippen molar-refractivity contribution in [3.63, 3.8) is 0 Å². The summed E-state index contributed by atoms with van der Waals surface area (Å²) in [6, 6.07) is 18.0. The molecule has 3 amide bonds. The van der Waals surface area contributed by atoms with E-state index in [0.717, 1.165) is 37.2 Å². The van der Waals surface area contributed by atoms with Crippen molar-refractivity contribution in [3.05, 3.63) is 83.7 Å². The Morgan fingerprint density at radius 2 is 1.56 bits per heavy atom. The number of rotatable bonds is 5. The molecule has 0 saturated carbocycles. The number of benzene rings is 3. The summed E-state index contributed by atoms with van der Waals surface area (Å²) in [5.74, 6) is -0.657. The van der Waals surface area contributed by atoms with Gasteiger partial charge in [0.05, 0.1) is 11.4 Å². The number of nitrogens with zero attached hydrogens (tertiary/aromatic N) is 1. The summed E-state index contributed by atoms with van der Waals surface area (Å²) in [7, 11) is 0. The normalized spacial score (nSPS) is 13.0. The van der Waals surface area contributed by atoms with Crippen molar-refractivity contribution in [3.8, 4) is 0 Å². The molecule has 0 unspecified atom stereocenters. The lowest BCUT2D eigenvalue weighted by Gasteiger charge is -2.22. The maximum Gasteiger partial charge on any atom is 0.323 e. The summed E-state index contributed by atoms with van der Waals surface area (Å²) in [6.45, 7) is 3.76. The molecule has 0 atom stereocenters. The fraction of sp³-hybridized carbons (Fsp3) is 0.200. The molecule has 1 aliphatic heterocycles. The lowest BCUT2D eigenvalue weighted by Crippen LogP contribution is -2.24. The van der Waals surface area contributed by atoms with Gasteiger partial charge in [-0.2, -0.15) is 0 Å². The molecule has 4 rings (SSSR count). The molecule has 32 heavy (non-hydrogen) atoms. The minimum Gasteiger partial charge on any atom is -0.370 e. The van der Waals surface area contributed by atoms with Gasteiger partial charge in [-0.15, -0.1) is 0 Å². The summed E-state index contributed by atoms with van der Waals surface area (Å²) in [6.07, 6.45) is 2.17. The van der Waals surface area contributed by atoms with Crippen molar-refractivity contribution in [1.82, 2.24) is 0 Å². The third-order valence-corrected chi connectivity index (χ3v) is 5.35. The Labute approximate surface area is 186 Å². The highest BCUT2D eigenvalue weighted by Crippen LogP contribution is 2.32. The van der Waals surface area contributed by atoms with Crippen LogP contribution in [0.15, 0.2) is 66.7 Å². The molecule has 0 aromatic heterocycles. The van der Waals surface area contributed by atoms with E-state index in [9.17, 15) is 14.0 Å². The number of nitrogens with one attached hydrogen (secondary N) is 3. The number of urea groups is 1. The van der Waals surface area contributed by atoms with Crippen LogP contribution in [0.3, 0.4) is 0 Å². The molecular weight excluding hydrogens is 407 g/mol. The third-order valence-electron chi connectivity index (χ3n) is 5.35. The van der Waals surface area contributed by atoms with Crippen LogP contribution in [0.2, 0.25) is 0 Å². The Morgan fingerprint density at radius 3 is 2.28 bits per heavy atom. The third kappa shape index (κ3) is 5.24. The summed E-state index contributed by atoms with van der Waals surface area (Å²) >= 11 is 0. The summed E-state index contributed by atoms with van der Waals surface area (Å²) in [4.78, 5) is 27.4. The summed E-state index contributed by atoms with van der Waals surface area (Å²) in [5.41, 5.74) is 4.01. The van der Waals surface area contributed by atoms with E-state index in [1.54, 1.807) is 24.3 Å². The van der Waals surface area contributed by atoms with Crippen molar-refractivity contribution in [2.45, 2.75) is 19.8 Å². The Morgan fingerprint density at radius 1 is 0.844 bits per heavy atom. The average Bonchev–Trinajstić information content (AvgIpc) is 3.29. The minimum absolute atomic E-state index is 0.228. The first-order valence-corrected chi connectivity index (χ1v) is 10.6. The van der Waals surface area contributed by atoms with Crippen LogP contribution in [-0.4, -0.2) is 25.0 Å². The standard InChI is InChI=1S/C25H25FN4O2/c1-17-7-9-18(10-8-17)24(31)27-21-11-12-23(30-13-2-3-14-30)22(16-21)29-25(32)28-20-6-4-5-19(26)15-20/h4-12,15-16H,2-3,13-14H2,1H3,(H,27,31)(H2,28,29,32). The number of amides is 3. The first kappa shape index (κ1) is 21.4. The molecule has 0 radical (unpaired) electrons. The smallest absolute Gasteiger partial charge is 0.323 e. The molecule has 1 heterocycles. The molecule has 0 spiro atoms. The van der Waals surface area contributed by atoms with Gasteiger partial charge in [-0.1, -0.05) is 23.8 Å². The van der Waals surface area contributed by atoms with Gasteiger partial charge in [-0.25, -0.2) is 9.18 Å². The van der Waals surface area contributed by atoms with Crippen molar-refractivity contribution in [2.24, 2.45) is 0 Å². The summed E-state index contributed by atoms with van der Waals surface area (Å²) in [5, 5.41) is 8.38. The largest absolute Gasteiger partial charge is 0.370 e. The van der Waals surface area contributed by atoms with Gasteiger partial charge < -0.3 is 20.9 Å². The molecule has 6 nitrogen and oxygen atoms in total. The van der Waals surface area contributed by atoms with Gasteiger partial charge in [0.1, 0.15) is 5.82 Å². The second-order valence-corrected chi connectivity index (χ2v) is 7.84. The van der Waals surface area contributed by atoms with Gasteiger partial charge in [0.2, 0.25) is 0 Å². The SMILES string of the molecule is Cc1ccc(C(=O)Nc2ccc(N3CCCC3)c(NC(=O)Nc3cccc(F)c3)c2)cc1. The lowest BCUT2D eigenvalue weighted by atomic mass is 10.1. The van der Waals surface area contributed by atoms with Gasteiger partial charge in [-0.3, -0.25) is 4.79 Å². The predicted molar refractivity (Wildman–Crippen MR) is 126 cm³/mol. The average molecular weight is 432 g/mol. The van der Waals surface area contributed by atoms with Gasteiger partial charge in [0.25, 0.3) is 5.91 Å². The molecule has 1 fully saturated rings. The molecule has 3 aromatic rings. The van der Waals surface area contributed by atoms with Gasteiger partial charge >= 0.3 is 6.03 Å². The Bertz CT molecular complexity index is 1130. The zero-order valence-electron chi connectivity index (χ0n) is 17.8. The van der Waals surface area contributed by atoms with E-state index in [0.29, 0.717) is 22.6 Å². The molecular formula is C25H25FN4O2. The van der Waals surface area contributed by atoms with Crippen molar-refractivity contribution >= 4 is 34.7 Å². The monoisotopic (exact) mass is 432 g/mol. The van der Waals surface area contributed by atoms with Crippen LogP contribution in [0.25, 0.3) is 0 Å². The highest BCUT2D eigenvalue weighted by Gasteiger charge is 2.18. The number of aryl methyl sites for hydroxylation is 1. The summed E-state index contributed by atoms with van der Waals surface area (Å²) < 4.78 is 13.4. The van der Waals surface area contributed by atoms with E-state index in [1.165, 1.54) is 18.2 Å². The first-order chi connectivity index (χ1) is 15.5. The van der Waals surface area contributed by atoms with E-state index in [2.05, 4.69) is 20.9 Å². The fourth-order valence-electron chi connectivity index (χ4n) is 3.71. The number of halogens is 1. The van der Waals surface area contributed by atoms with Crippen LogP contribution >= 0.6 is 0 Å². The number of carbonyl (C=O) groups is 2. The fourth-order valence-corrected chi connectivity index (χ4v) is 3.71. The van der Waals surface area contributed by atoms with Gasteiger partial charge in [0.15, 0.2) is 0 Å². The van der Waals surface area contributed by atoms with Crippen molar-refractivity contribution in [2.75, 3.05) is 33.9 Å². The highest BCUT2D eigenvalue weighted by atomic mass is 19.1. The van der Waals surface area contributed by atoms with E-state index >= 15 is 0 Å². The molecule has 7 heteroatoms. The number of hydrogen-bond acceptors (Lipinski definition) is 3. The van der Waals surface area contributed by atoms with Gasteiger partial charge in [0, 0.05) is 30.0 Å². The maximum atomic E-state index is 13.4. The van der Waals surface area contributed by atoms with Crippen molar-refractivity contribution < 1.29 is 14.0 Å². The first-order valence-electron chi connectivity index (χ1n) is 10.6. The molecule has 164 valence electrons. The lowest BCUT2D eigenvalue weighted by molar-refractivity contribution is 0.102. The quantitative estimate of drug-likeness (QED) is 0.489. The molecule has 0 aliphatic carbocycles. The topological polar surface area (TPSA) is 73.5 Å².